The zero-order valence-corrected chi connectivity index (χ0v) is 18.4. The number of hydrogen-bond acceptors (Lipinski definition) is 7. The fraction of sp³-hybridized carbons (Fsp3) is 0.381. The maximum absolute atomic E-state index is 5.52. The molecule has 0 unspecified atom stereocenters. The Morgan fingerprint density at radius 3 is 2.72 bits per heavy atom. The van der Waals surface area contributed by atoms with Crippen LogP contribution in [-0.4, -0.2) is 19.9 Å². The second-order valence-corrected chi connectivity index (χ2v) is 10.2. The van der Waals surface area contributed by atoms with Gasteiger partial charge in [-0.3, -0.25) is 0 Å². The summed E-state index contributed by atoms with van der Waals surface area (Å²) in [4.78, 5) is 2.44. The Labute approximate surface area is 182 Å². The van der Waals surface area contributed by atoms with E-state index in [0.29, 0.717) is 6.04 Å². The molecule has 0 N–H and O–H groups in total. The van der Waals surface area contributed by atoms with E-state index >= 15 is 0 Å². The molecule has 0 saturated heterocycles. The standard InChI is InChI=1S/C21H22N4OS3/c1-2-6-16(7-3-1)25-20(13-17-8-4-10-27-17)22-23-21(25)29-14-15-12-18(26-24-15)19-9-5-11-28-19/h4-5,8-12,16H,1-3,6-7,13-14H2. The Bertz CT molecular complexity index is 1030. The smallest absolute Gasteiger partial charge is 0.191 e. The Hall–Kier alpha value is -1.90. The van der Waals surface area contributed by atoms with Crippen molar-refractivity contribution >= 4 is 34.4 Å². The van der Waals surface area contributed by atoms with Crippen molar-refractivity contribution in [3.05, 3.63) is 57.5 Å². The summed E-state index contributed by atoms with van der Waals surface area (Å²) >= 11 is 5.16. The van der Waals surface area contributed by atoms with Crippen LogP contribution in [0.15, 0.2) is 50.8 Å². The molecular formula is C21H22N4OS3. The molecule has 4 aromatic heterocycles. The molecule has 8 heteroatoms. The summed E-state index contributed by atoms with van der Waals surface area (Å²) in [5, 5.41) is 18.6. The molecule has 150 valence electrons. The summed E-state index contributed by atoms with van der Waals surface area (Å²) in [6, 6.07) is 10.9. The van der Waals surface area contributed by atoms with E-state index in [1.165, 1.54) is 37.0 Å². The van der Waals surface area contributed by atoms with Gasteiger partial charge in [0, 0.05) is 29.2 Å². The number of thioether (sulfide) groups is 1. The normalized spacial score (nSPS) is 15.2. The summed E-state index contributed by atoms with van der Waals surface area (Å²) in [5.41, 5.74) is 0.941. The number of rotatable bonds is 7. The third-order valence-electron chi connectivity index (χ3n) is 5.26. The second-order valence-electron chi connectivity index (χ2n) is 7.27. The minimum atomic E-state index is 0.509. The average Bonchev–Trinajstić information content (AvgIpc) is 3.54. The van der Waals surface area contributed by atoms with Crippen LogP contribution in [0.1, 0.15) is 54.5 Å². The molecule has 0 aromatic carbocycles. The monoisotopic (exact) mass is 442 g/mol. The van der Waals surface area contributed by atoms with E-state index < -0.39 is 0 Å². The third kappa shape index (κ3) is 4.34. The summed E-state index contributed by atoms with van der Waals surface area (Å²) < 4.78 is 7.93. The molecule has 4 aromatic rings. The molecule has 0 bridgehead atoms. The first kappa shape index (κ1) is 19.1. The third-order valence-corrected chi connectivity index (χ3v) is 8.00. The Kier molecular flexibility index (Phi) is 5.83. The summed E-state index contributed by atoms with van der Waals surface area (Å²) in [7, 11) is 0. The number of hydrogen-bond donors (Lipinski definition) is 0. The van der Waals surface area contributed by atoms with Gasteiger partial charge in [-0.2, -0.15) is 0 Å². The van der Waals surface area contributed by atoms with E-state index in [1.54, 1.807) is 34.4 Å². The molecule has 0 atom stereocenters. The maximum atomic E-state index is 5.52. The van der Waals surface area contributed by atoms with Crippen molar-refractivity contribution < 1.29 is 4.52 Å². The van der Waals surface area contributed by atoms with Gasteiger partial charge in [-0.1, -0.05) is 48.3 Å². The van der Waals surface area contributed by atoms with Crippen LogP contribution in [0.2, 0.25) is 0 Å². The lowest BCUT2D eigenvalue weighted by molar-refractivity contribution is 0.330. The highest BCUT2D eigenvalue weighted by Gasteiger charge is 2.23. The molecule has 1 aliphatic carbocycles. The molecule has 4 heterocycles. The lowest BCUT2D eigenvalue weighted by Crippen LogP contribution is -2.16. The van der Waals surface area contributed by atoms with Gasteiger partial charge in [-0.25, -0.2) is 0 Å². The van der Waals surface area contributed by atoms with Gasteiger partial charge in [0.25, 0.3) is 0 Å². The Morgan fingerprint density at radius 2 is 1.93 bits per heavy atom. The number of thiophene rings is 2. The molecule has 1 aliphatic rings. The van der Waals surface area contributed by atoms with Gasteiger partial charge in [-0.05, 0) is 35.7 Å². The summed E-state index contributed by atoms with van der Waals surface area (Å²) in [6.07, 6.45) is 7.21. The summed E-state index contributed by atoms with van der Waals surface area (Å²) in [5.74, 6) is 2.66. The SMILES string of the molecule is c1csc(Cc2nnc(SCc3cc(-c4cccs4)on3)n2C2CCCCC2)c1. The van der Waals surface area contributed by atoms with Crippen molar-refractivity contribution in [3.8, 4) is 10.6 Å². The first-order chi connectivity index (χ1) is 14.4. The van der Waals surface area contributed by atoms with Crippen molar-refractivity contribution in [3.63, 3.8) is 0 Å². The van der Waals surface area contributed by atoms with Gasteiger partial charge in [0.15, 0.2) is 10.9 Å². The van der Waals surface area contributed by atoms with E-state index in [1.807, 2.05) is 17.5 Å². The van der Waals surface area contributed by atoms with Crippen LogP contribution in [0.4, 0.5) is 0 Å². The van der Waals surface area contributed by atoms with E-state index in [2.05, 4.69) is 43.5 Å². The number of aromatic nitrogens is 4. The predicted octanol–water partition coefficient (Wildman–Crippen LogP) is 6.44. The minimum absolute atomic E-state index is 0.509. The van der Waals surface area contributed by atoms with E-state index in [4.69, 9.17) is 4.52 Å². The van der Waals surface area contributed by atoms with Gasteiger partial charge < -0.3 is 9.09 Å². The molecule has 1 fully saturated rings. The first-order valence-electron chi connectivity index (χ1n) is 9.95. The fourth-order valence-electron chi connectivity index (χ4n) is 3.85. The van der Waals surface area contributed by atoms with Crippen molar-refractivity contribution in [2.24, 2.45) is 0 Å². The van der Waals surface area contributed by atoms with Crippen LogP contribution >= 0.6 is 34.4 Å². The van der Waals surface area contributed by atoms with Crippen LogP contribution in [0.3, 0.4) is 0 Å². The van der Waals surface area contributed by atoms with E-state index in [-0.39, 0.29) is 0 Å². The largest absolute Gasteiger partial charge is 0.355 e. The zero-order valence-electron chi connectivity index (χ0n) is 16.0. The van der Waals surface area contributed by atoms with Gasteiger partial charge in [0.1, 0.15) is 5.82 Å². The minimum Gasteiger partial charge on any atom is -0.355 e. The molecule has 0 spiro atoms. The Morgan fingerprint density at radius 1 is 1.07 bits per heavy atom. The van der Waals surface area contributed by atoms with Crippen LogP contribution in [0, 0.1) is 0 Å². The molecule has 5 rings (SSSR count). The lowest BCUT2D eigenvalue weighted by Gasteiger charge is -2.25. The fourth-order valence-corrected chi connectivity index (χ4v) is 6.13. The highest BCUT2D eigenvalue weighted by atomic mass is 32.2. The van der Waals surface area contributed by atoms with E-state index in [9.17, 15) is 0 Å². The Balaban J connectivity index is 1.35. The topological polar surface area (TPSA) is 56.7 Å². The predicted molar refractivity (Wildman–Crippen MR) is 119 cm³/mol. The quantitative estimate of drug-likeness (QED) is 0.308. The average molecular weight is 443 g/mol. The van der Waals surface area contributed by atoms with E-state index in [0.717, 1.165) is 39.5 Å². The molecule has 0 amide bonds. The van der Waals surface area contributed by atoms with Crippen LogP contribution in [0.25, 0.3) is 10.6 Å². The molecule has 5 nitrogen and oxygen atoms in total. The van der Waals surface area contributed by atoms with Gasteiger partial charge >= 0.3 is 0 Å². The highest BCUT2D eigenvalue weighted by molar-refractivity contribution is 7.98. The maximum Gasteiger partial charge on any atom is 0.191 e. The van der Waals surface area contributed by atoms with Crippen LogP contribution in [0.5, 0.6) is 0 Å². The molecule has 0 radical (unpaired) electrons. The lowest BCUT2D eigenvalue weighted by atomic mass is 9.95. The zero-order chi connectivity index (χ0) is 19.5. The van der Waals surface area contributed by atoms with Crippen LogP contribution < -0.4 is 0 Å². The summed E-state index contributed by atoms with van der Waals surface area (Å²) in [6.45, 7) is 0. The highest BCUT2D eigenvalue weighted by Crippen LogP contribution is 2.35. The van der Waals surface area contributed by atoms with Crippen molar-refractivity contribution in [1.29, 1.82) is 0 Å². The first-order valence-corrected chi connectivity index (χ1v) is 12.7. The van der Waals surface area contributed by atoms with Crippen molar-refractivity contribution in [2.75, 3.05) is 0 Å². The second kappa shape index (κ2) is 8.85. The van der Waals surface area contributed by atoms with Crippen LogP contribution in [-0.2, 0) is 12.2 Å². The van der Waals surface area contributed by atoms with Crippen molar-refractivity contribution in [2.45, 2.75) is 55.5 Å². The van der Waals surface area contributed by atoms with Gasteiger partial charge in [-0.15, -0.1) is 32.9 Å². The van der Waals surface area contributed by atoms with Gasteiger partial charge in [0.05, 0.1) is 10.6 Å². The van der Waals surface area contributed by atoms with Gasteiger partial charge in [0.2, 0.25) is 0 Å². The molecular weight excluding hydrogens is 420 g/mol. The number of nitrogens with zero attached hydrogens (tertiary/aromatic N) is 4. The molecule has 1 saturated carbocycles. The van der Waals surface area contributed by atoms with Crippen molar-refractivity contribution in [1.82, 2.24) is 19.9 Å². The molecule has 29 heavy (non-hydrogen) atoms. The molecule has 0 aliphatic heterocycles.